The first kappa shape index (κ1) is 27.0. The number of aliphatic hydroxyl groups is 2. The lowest BCUT2D eigenvalue weighted by atomic mass is 9.44. The van der Waals surface area contributed by atoms with Gasteiger partial charge in [-0.2, -0.15) is 16.8 Å². The highest BCUT2D eigenvalue weighted by Gasteiger charge is 2.71. The Labute approximate surface area is 204 Å². The maximum absolute atomic E-state index is 13.7. The fraction of sp³-hybridized carbons (Fsp3) is 0.905. The van der Waals surface area contributed by atoms with E-state index in [9.17, 15) is 36.6 Å². The molecule has 0 spiro atoms. The van der Waals surface area contributed by atoms with Crippen LogP contribution >= 0.6 is 0 Å². The van der Waals surface area contributed by atoms with Crippen molar-refractivity contribution in [2.24, 2.45) is 34.5 Å². The summed E-state index contributed by atoms with van der Waals surface area (Å²) in [7, 11) is -10.9. The molecule has 3 N–H and O–H groups in total. The van der Waals surface area contributed by atoms with Crippen LogP contribution in [0.15, 0.2) is 0 Å². The van der Waals surface area contributed by atoms with E-state index >= 15 is 0 Å². The lowest BCUT2D eigenvalue weighted by Crippen LogP contribution is -2.63. The Morgan fingerprint density at radius 1 is 1.06 bits per heavy atom. The number of Topliss-reactive ketones (excluding diaryl/α,β-unsaturated/α-hetero) is 2. The van der Waals surface area contributed by atoms with Crippen molar-refractivity contribution in [3.63, 3.8) is 0 Å². The standard InChI is InChI=1S/C21H32O12S2/c1-19-7-5-13(23)9-12(19)3-4-14-15-6-8-21(17(25)11-22,20(15,2)10-16(24)18(14)19)31-34(27,28)33-35(29,30)32-26/h12-15,18,22-23,26H,3-11H2,1-2H3/t12-,13-,14+,15+,18-,19+,20+,21+/m1/s1. The monoisotopic (exact) mass is 540 g/mol. The molecule has 12 nitrogen and oxygen atoms in total. The summed E-state index contributed by atoms with van der Waals surface area (Å²) in [6.07, 6.45) is 2.90. The van der Waals surface area contributed by atoms with Gasteiger partial charge in [0, 0.05) is 17.8 Å². The van der Waals surface area contributed by atoms with Crippen molar-refractivity contribution < 1.29 is 54.0 Å². The summed E-state index contributed by atoms with van der Waals surface area (Å²) in [5.74, 6) is -1.76. The molecule has 0 radical (unpaired) electrons. The highest BCUT2D eigenvalue weighted by molar-refractivity contribution is 7.95. The molecule has 0 saturated heterocycles. The number of aliphatic hydroxyl groups excluding tert-OH is 2. The smallest absolute Gasteiger partial charge is 0.393 e. The van der Waals surface area contributed by atoms with Crippen molar-refractivity contribution in [2.75, 3.05) is 6.61 Å². The van der Waals surface area contributed by atoms with E-state index in [2.05, 4.69) is 14.9 Å². The zero-order chi connectivity index (χ0) is 26.0. The lowest BCUT2D eigenvalue weighted by Gasteiger charge is -2.60. The maximum Gasteiger partial charge on any atom is 0.442 e. The van der Waals surface area contributed by atoms with Crippen molar-refractivity contribution in [1.82, 2.24) is 0 Å². The van der Waals surface area contributed by atoms with Gasteiger partial charge in [-0.1, -0.05) is 21.8 Å². The number of hydrogen-bond donors (Lipinski definition) is 3. The third-order valence-electron chi connectivity index (χ3n) is 9.54. The number of carbonyl (C=O) groups excluding carboxylic acids is 2. The van der Waals surface area contributed by atoms with Crippen LogP contribution in [0, 0.1) is 34.5 Å². The predicted molar refractivity (Wildman–Crippen MR) is 117 cm³/mol. The largest absolute Gasteiger partial charge is 0.442 e. The molecule has 0 heterocycles. The van der Waals surface area contributed by atoms with Gasteiger partial charge in [-0.25, -0.2) is 9.44 Å². The van der Waals surface area contributed by atoms with Gasteiger partial charge in [0.25, 0.3) is 0 Å². The number of rotatable bonds is 7. The van der Waals surface area contributed by atoms with E-state index in [1.807, 2.05) is 0 Å². The van der Waals surface area contributed by atoms with E-state index in [1.165, 1.54) is 0 Å². The molecular weight excluding hydrogens is 508 g/mol. The molecule has 4 rings (SSSR count). The van der Waals surface area contributed by atoms with Gasteiger partial charge in [-0.15, -0.1) is 0 Å². The molecule has 4 saturated carbocycles. The van der Waals surface area contributed by atoms with Gasteiger partial charge < -0.3 is 10.2 Å². The molecule has 8 atom stereocenters. The summed E-state index contributed by atoms with van der Waals surface area (Å²) in [6.45, 7) is 2.55. The summed E-state index contributed by atoms with van der Waals surface area (Å²) in [4.78, 5) is 26.8. The molecule has 35 heavy (non-hydrogen) atoms. The van der Waals surface area contributed by atoms with E-state index < -0.39 is 50.3 Å². The van der Waals surface area contributed by atoms with Crippen LogP contribution in [0.25, 0.3) is 0 Å². The van der Waals surface area contributed by atoms with E-state index in [4.69, 9.17) is 9.44 Å². The van der Waals surface area contributed by atoms with E-state index in [0.29, 0.717) is 32.1 Å². The second kappa shape index (κ2) is 8.79. The molecule has 4 aliphatic carbocycles. The molecule has 0 amide bonds. The summed E-state index contributed by atoms with van der Waals surface area (Å²) in [5, 5.41) is 28.3. The van der Waals surface area contributed by atoms with Crippen molar-refractivity contribution in [3.05, 3.63) is 0 Å². The SMILES string of the molecule is C[C@]12CC[C@@H](O)C[C@H]1CC[C@@H]1[C@@H]2C(=O)C[C@@]2(C)[C@H]1CC[C@]2(OS(=O)(=O)OS(=O)(=O)OO)C(=O)CO. The third-order valence-corrected chi connectivity index (χ3v) is 11.5. The van der Waals surface area contributed by atoms with Crippen molar-refractivity contribution >= 4 is 32.4 Å². The van der Waals surface area contributed by atoms with Crippen LogP contribution in [0.4, 0.5) is 0 Å². The zero-order valence-corrected chi connectivity index (χ0v) is 21.2. The highest BCUT2D eigenvalue weighted by Crippen LogP contribution is 2.68. The van der Waals surface area contributed by atoms with Crippen molar-refractivity contribution in [2.45, 2.75) is 76.9 Å². The fourth-order valence-electron chi connectivity index (χ4n) is 8.11. The van der Waals surface area contributed by atoms with Crippen LogP contribution in [0.3, 0.4) is 0 Å². The predicted octanol–water partition coefficient (Wildman–Crippen LogP) is 0.882. The third kappa shape index (κ3) is 4.19. The van der Waals surface area contributed by atoms with Crippen LogP contribution in [-0.2, 0) is 42.5 Å². The summed E-state index contributed by atoms with van der Waals surface area (Å²) >= 11 is 0. The summed E-state index contributed by atoms with van der Waals surface area (Å²) in [5.41, 5.74) is -3.92. The minimum Gasteiger partial charge on any atom is -0.393 e. The van der Waals surface area contributed by atoms with Gasteiger partial charge in [0.15, 0.2) is 11.4 Å². The van der Waals surface area contributed by atoms with E-state index in [-0.39, 0.29) is 47.7 Å². The van der Waals surface area contributed by atoms with Gasteiger partial charge in [-0.3, -0.25) is 9.59 Å². The van der Waals surface area contributed by atoms with Crippen LogP contribution in [0.5, 0.6) is 0 Å². The van der Waals surface area contributed by atoms with Gasteiger partial charge in [0.05, 0.1) is 6.10 Å². The quantitative estimate of drug-likeness (QED) is 0.306. The molecular formula is C21H32O12S2. The summed E-state index contributed by atoms with van der Waals surface area (Å²) < 4.78 is 59.7. The minimum absolute atomic E-state index is 0.136. The molecule has 4 aliphatic rings. The van der Waals surface area contributed by atoms with E-state index in [0.717, 1.165) is 6.42 Å². The van der Waals surface area contributed by atoms with Crippen molar-refractivity contribution in [3.8, 4) is 0 Å². The average molecular weight is 541 g/mol. The van der Waals surface area contributed by atoms with Crippen LogP contribution in [0.1, 0.15) is 65.2 Å². The van der Waals surface area contributed by atoms with Crippen LogP contribution in [0.2, 0.25) is 0 Å². The van der Waals surface area contributed by atoms with Crippen molar-refractivity contribution in [1.29, 1.82) is 0 Å². The Bertz CT molecular complexity index is 1100. The first-order chi connectivity index (χ1) is 16.1. The Kier molecular flexibility index (Phi) is 6.79. The molecule has 0 unspecified atom stereocenters. The molecule has 0 aromatic rings. The van der Waals surface area contributed by atoms with Gasteiger partial charge in [-0.05, 0) is 68.1 Å². The topological polar surface area (TPSA) is 191 Å². The average Bonchev–Trinajstić information content (AvgIpc) is 3.04. The maximum atomic E-state index is 13.7. The molecule has 200 valence electrons. The second-order valence-electron chi connectivity index (χ2n) is 11.0. The summed E-state index contributed by atoms with van der Waals surface area (Å²) in [6, 6.07) is 0. The number of fused-ring (bicyclic) bond motifs is 5. The second-order valence-corrected chi connectivity index (χ2v) is 13.5. The van der Waals surface area contributed by atoms with Gasteiger partial charge in [0.2, 0.25) is 0 Å². The Balaban J connectivity index is 1.72. The molecule has 14 heteroatoms. The molecule has 4 fully saturated rings. The van der Waals surface area contributed by atoms with Gasteiger partial charge >= 0.3 is 20.8 Å². The zero-order valence-electron chi connectivity index (χ0n) is 19.6. The number of carbonyl (C=O) groups is 2. The number of ketones is 2. The van der Waals surface area contributed by atoms with Crippen LogP contribution in [-0.4, -0.2) is 62.2 Å². The Morgan fingerprint density at radius 3 is 2.37 bits per heavy atom. The van der Waals surface area contributed by atoms with Gasteiger partial charge in [0.1, 0.15) is 12.4 Å². The highest BCUT2D eigenvalue weighted by atomic mass is 32.3. The minimum atomic E-state index is -5.47. The molecule has 0 aromatic carbocycles. The Hall–Kier alpha value is -1.00. The molecule has 0 bridgehead atoms. The normalized spacial score (nSPS) is 43.8. The first-order valence-corrected chi connectivity index (χ1v) is 14.4. The lowest BCUT2D eigenvalue weighted by molar-refractivity contribution is -0.176. The number of hydrogen-bond acceptors (Lipinski definition) is 12. The van der Waals surface area contributed by atoms with Crippen LogP contribution < -0.4 is 0 Å². The molecule has 0 aliphatic heterocycles. The Morgan fingerprint density at radius 2 is 1.74 bits per heavy atom. The first-order valence-electron chi connectivity index (χ1n) is 11.7. The fourth-order valence-corrected chi connectivity index (χ4v) is 9.85. The molecule has 0 aromatic heterocycles. The van der Waals surface area contributed by atoms with E-state index in [1.54, 1.807) is 6.92 Å².